The Balaban J connectivity index is 1.82. The fourth-order valence-corrected chi connectivity index (χ4v) is 2.86. The van der Waals surface area contributed by atoms with Gasteiger partial charge in [0.2, 0.25) is 5.75 Å². The molecule has 31 heavy (non-hydrogen) atoms. The molecule has 0 unspecified atom stereocenters. The van der Waals surface area contributed by atoms with Gasteiger partial charge in [-0.25, -0.2) is 0 Å². The molecule has 0 radical (unpaired) electrons. The van der Waals surface area contributed by atoms with E-state index in [1.807, 2.05) is 36.4 Å². The summed E-state index contributed by atoms with van der Waals surface area (Å²) < 4.78 is 5.58. The first kappa shape index (κ1) is 21.6. The summed E-state index contributed by atoms with van der Waals surface area (Å²) in [5.41, 5.74) is 0.690. The van der Waals surface area contributed by atoms with Gasteiger partial charge in [0.1, 0.15) is 17.4 Å². The monoisotopic (exact) mass is 433 g/mol. The standard InChI is InChI=1S/C23H16ClN3O4/c24-19-8-4-5-9-21(19)31-22-11-10-17(13-20(22)27(29)30)12-18(14-25)23(28)26-15-16-6-2-1-3-7-16/h1-13H,15H2,(H,26,28)/b18-12+. The lowest BCUT2D eigenvalue weighted by Gasteiger charge is -2.08. The van der Waals surface area contributed by atoms with Crippen molar-refractivity contribution in [1.82, 2.24) is 5.32 Å². The van der Waals surface area contributed by atoms with E-state index in [1.165, 1.54) is 24.3 Å². The summed E-state index contributed by atoms with van der Waals surface area (Å²) in [5.74, 6) is -0.318. The number of halogens is 1. The summed E-state index contributed by atoms with van der Waals surface area (Å²) in [6.07, 6.45) is 1.28. The zero-order chi connectivity index (χ0) is 22.2. The highest BCUT2D eigenvalue weighted by Crippen LogP contribution is 2.35. The minimum Gasteiger partial charge on any atom is -0.449 e. The molecule has 0 fully saturated rings. The number of ether oxygens (including phenoxy) is 1. The topological polar surface area (TPSA) is 105 Å². The van der Waals surface area contributed by atoms with E-state index in [-0.39, 0.29) is 29.3 Å². The van der Waals surface area contributed by atoms with Crippen LogP contribution in [0.2, 0.25) is 5.02 Å². The van der Waals surface area contributed by atoms with E-state index in [1.54, 1.807) is 24.3 Å². The van der Waals surface area contributed by atoms with Gasteiger partial charge in [0.15, 0.2) is 0 Å². The first-order chi connectivity index (χ1) is 15.0. The van der Waals surface area contributed by atoms with E-state index in [0.717, 1.165) is 5.56 Å². The fourth-order valence-electron chi connectivity index (χ4n) is 2.69. The van der Waals surface area contributed by atoms with Crippen molar-refractivity contribution in [2.45, 2.75) is 6.54 Å². The summed E-state index contributed by atoms with van der Waals surface area (Å²) >= 11 is 6.05. The van der Waals surface area contributed by atoms with Gasteiger partial charge in [0.25, 0.3) is 5.91 Å². The van der Waals surface area contributed by atoms with Gasteiger partial charge in [-0.2, -0.15) is 5.26 Å². The number of amides is 1. The molecule has 7 nitrogen and oxygen atoms in total. The zero-order valence-electron chi connectivity index (χ0n) is 16.1. The van der Waals surface area contributed by atoms with E-state index in [4.69, 9.17) is 16.3 Å². The quantitative estimate of drug-likeness (QED) is 0.236. The second-order valence-corrected chi connectivity index (χ2v) is 6.76. The maximum Gasteiger partial charge on any atom is 0.312 e. The van der Waals surface area contributed by atoms with Crippen molar-refractivity contribution in [3.05, 3.63) is 105 Å². The molecule has 8 heteroatoms. The van der Waals surface area contributed by atoms with Crippen molar-refractivity contribution in [1.29, 1.82) is 5.26 Å². The molecular weight excluding hydrogens is 418 g/mol. The summed E-state index contributed by atoms with van der Waals surface area (Å²) in [6, 6.07) is 21.8. The molecule has 0 atom stereocenters. The average molecular weight is 434 g/mol. The second kappa shape index (κ2) is 10.1. The van der Waals surface area contributed by atoms with Gasteiger partial charge in [0.05, 0.1) is 9.95 Å². The van der Waals surface area contributed by atoms with Gasteiger partial charge >= 0.3 is 5.69 Å². The molecule has 154 valence electrons. The number of hydrogen-bond acceptors (Lipinski definition) is 5. The molecule has 0 saturated carbocycles. The normalized spacial score (nSPS) is 10.8. The Hall–Kier alpha value is -4.15. The Morgan fingerprint density at radius 1 is 1.10 bits per heavy atom. The van der Waals surface area contributed by atoms with Crippen LogP contribution in [-0.2, 0) is 11.3 Å². The van der Waals surface area contributed by atoms with Crippen LogP contribution in [0, 0.1) is 21.4 Å². The largest absolute Gasteiger partial charge is 0.449 e. The number of carbonyl (C=O) groups excluding carboxylic acids is 1. The zero-order valence-corrected chi connectivity index (χ0v) is 16.9. The minimum absolute atomic E-state index is 0.0118. The molecule has 0 saturated heterocycles. The molecule has 0 aliphatic carbocycles. The van der Waals surface area contributed by atoms with Crippen LogP contribution in [-0.4, -0.2) is 10.8 Å². The molecule has 3 aromatic carbocycles. The molecular formula is C23H16ClN3O4. The van der Waals surface area contributed by atoms with E-state index in [2.05, 4.69) is 5.32 Å². The van der Waals surface area contributed by atoms with E-state index < -0.39 is 10.8 Å². The van der Waals surface area contributed by atoms with Gasteiger partial charge in [-0.1, -0.05) is 60.1 Å². The first-order valence-corrected chi connectivity index (χ1v) is 9.50. The third-order valence-electron chi connectivity index (χ3n) is 4.21. The third-order valence-corrected chi connectivity index (χ3v) is 4.52. The number of nitro groups is 1. The van der Waals surface area contributed by atoms with E-state index in [0.29, 0.717) is 10.6 Å². The molecule has 0 aliphatic heterocycles. The Kier molecular flexibility index (Phi) is 6.99. The van der Waals surface area contributed by atoms with Gasteiger partial charge < -0.3 is 10.1 Å². The lowest BCUT2D eigenvalue weighted by molar-refractivity contribution is -0.385. The van der Waals surface area contributed by atoms with Crippen molar-refractivity contribution >= 4 is 29.3 Å². The molecule has 0 aromatic heterocycles. The van der Waals surface area contributed by atoms with Crippen LogP contribution in [0.25, 0.3) is 6.08 Å². The lowest BCUT2D eigenvalue weighted by atomic mass is 10.1. The molecule has 1 N–H and O–H groups in total. The number of nitrogens with one attached hydrogen (secondary N) is 1. The van der Waals surface area contributed by atoms with E-state index >= 15 is 0 Å². The van der Waals surface area contributed by atoms with Crippen molar-refractivity contribution in [3.8, 4) is 17.6 Å². The maximum absolute atomic E-state index is 12.3. The highest BCUT2D eigenvalue weighted by molar-refractivity contribution is 6.32. The van der Waals surface area contributed by atoms with Crippen LogP contribution in [0.3, 0.4) is 0 Å². The molecule has 0 spiro atoms. The summed E-state index contributed by atoms with van der Waals surface area (Å²) in [5, 5.41) is 23.8. The number of carbonyl (C=O) groups is 1. The Morgan fingerprint density at radius 2 is 1.81 bits per heavy atom. The highest BCUT2D eigenvalue weighted by Gasteiger charge is 2.18. The second-order valence-electron chi connectivity index (χ2n) is 6.35. The summed E-state index contributed by atoms with van der Waals surface area (Å²) in [6.45, 7) is 0.253. The molecule has 3 rings (SSSR count). The van der Waals surface area contributed by atoms with Crippen molar-refractivity contribution in [3.63, 3.8) is 0 Å². The van der Waals surface area contributed by atoms with Gasteiger partial charge in [-0.3, -0.25) is 14.9 Å². The summed E-state index contributed by atoms with van der Waals surface area (Å²) in [4.78, 5) is 23.3. The molecule has 1 amide bonds. The summed E-state index contributed by atoms with van der Waals surface area (Å²) in [7, 11) is 0. The number of nitriles is 1. The lowest BCUT2D eigenvalue weighted by Crippen LogP contribution is -2.23. The van der Waals surface area contributed by atoms with Crippen molar-refractivity contribution in [2.75, 3.05) is 0 Å². The Labute approximate surface area is 183 Å². The van der Waals surface area contributed by atoms with Gasteiger partial charge in [-0.15, -0.1) is 0 Å². The van der Waals surface area contributed by atoms with Crippen LogP contribution >= 0.6 is 11.6 Å². The average Bonchev–Trinajstić information content (AvgIpc) is 2.78. The van der Waals surface area contributed by atoms with Crippen LogP contribution in [0.15, 0.2) is 78.4 Å². The molecule has 0 bridgehead atoms. The molecule has 3 aromatic rings. The van der Waals surface area contributed by atoms with Gasteiger partial charge in [0, 0.05) is 12.6 Å². The number of nitrogens with zero attached hydrogens (tertiary/aromatic N) is 2. The Morgan fingerprint density at radius 3 is 2.48 bits per heavy atom. The Bertz CT molecular complexity index is 1190. The number of benzene rings is 3. The third kappa shape index (κ3) is 5.69. The van der Waals surface area contributed by atoms with Crippen LogP contribution in [0.5, 0.6) is 11.5 Å². The SMILES string of the molecule is N#C/C(=C\c1ccc(Oc2ccccc2Cl)c([N+](=O)[O-])c1)C(=O)NCc1ccccc1. The predicted molar refractivity (Wildman–Crippen MR) is 117 cm³/mol. The van der Waals surface area contributed by atoms with Gasteiger partial charge in [-0.05, 0) is 35.4 Å². The van der Waals surface area contributed by atoms with Crippen LogP contribution in [0.1, 0.15) is 11.1 Å². The van der Waals surface area contributed by atoms with Crippen molar-refractivity contribution in [2.24, 2.45) is 0 Å². The molecule has 0 heterocycles. The number of hydrogen-bond donors (Lipinski definition) is 1. The minimum atomic E-state index is -0.606. The maximum atomic E-state index is 12.3. The highest BCUT2D eigenvalue weighted by atomic mass is 35.5. The van der Waals surface area contributed by atoms with Crippen molar-refractivity contribution < 1.29 is 14.5 Å². The number of rotatable bonds is 7. The van der Waals surface area contributed by atoms with Crippen LogP contribution in [0.4, 0.5) is 5.69 Å². The van der Waals surface area contributed by atoms with E-state index in [9.17, 15) is 20.2 Å². The number of para-hydroxylation sites is 1. The smallest absolute Gasteiger partial charge is 0.312 e. The first-order valence-electron chi connectivity index (χ1n) is 9.12. The molecule has 0 aliphatic rings. The number of nitro benzene ring substituents is 1. The fraction of sp³-hybridized carbons (Fsp3) is 0.0435. The predicted octanol–water partition coefficient (Wildman–Crippen LogP) is 5.26. The van der Waals surface area contributed by atoms with Crippen LogP contribution < -0.4 is 10.1 Å².